The van der Waals surface area contributed by atoms with Crippen LogP contribution in [-0.4, -0.2) is 95.2 Å². The Labute approximate surface area is 168 Å². The first-order valence-electron chi connectivity index (χ1n) is 10.7. The number of hydrogen-bond donors (Lipinski definition) is 1. The number of amides is 1. The minimum atomic E-state index is 0.295. The van der Waals surface area contributed by atoms with E-state index < -0.39 is 0 Å². The molecule has 0 atom stereocenters. The number of likely N-dealkylation sites (tertiary alicyclic amines) is 1. The van der Waals surface area contributed by atoms with Gasteiger partial charge in [-0.05, 0) is 38.7 Å². The normalized spacial score (nSPS) is 19.1. The molecule has 1 aromatic rings. The lowest BCUT2D eigenvalue weighted by Gasteiger charge is -2.37. The first-order valence-corrected chi connectivity index (χ1v) is 10.7. The van der Waals surface area contributed by atoms with Crippen molar-refractivity contribution in [2.45, 2.75) is 39.7 Å². The Morgan fingerprint density at radius 1 is 1.11 bits per heavy atom. The summed E-state index contributed by atoms with van der Waals surface area (Å²) in [6, 6.07) is 0. The molecule has 8 nitrogen and oxygen atoms in total. The van der Waals surface area contributed by atoms with E-state index in [2.05, 4.69) is 27.1 Å². The third kappa shape index (κ3) is 5.95. The van der Waals surface area contributed by atoms with Gasteiger partial charge in [0.1, 0.15) is 0 Å². The first-order chi connectivity index (χ1) is 13.7. The Hall–Kier alpha value is -2.09. The van der Waals surface area contributed by atoms with Gasteiger partial charge in [0, 0.05) is 52.0 Å². The summed E-state index contributed by atoms with van der Waals surface area (Å²) in [5.41, 5.74) is 1.17. The van der Waals surface area contributed by atoms with Gasteiger partial charge in [-0.3, -0.25) is 19.4 Å². The molecule has 1 amide bonds. The summed E-state index contributed by atoms with van der Waals surface area (Å²) < 4.78 is 1.94. The first kappa shape index (κ1) is 20.6. The summed E-state index contributed by atoms with van der Waals surface area (Å²) in [5, 5.41) is 7.72. The van der Waals surface area contributed by atoms with Crippen molar-refractivity contribution >= 4 is 11.9 Å². The minimum Gasteiger partial charge on any atom is -0.357 e. The Morgan fingerprint density at radius 2 is 1.86 bits per heavy atom. The van der Waals surface area contributed by atoms with Crippen LogP contribution in [0, 0.1) is 6.92 Å². The number of aryl methyl sites for hydroxylation is 1. The number of hydrogen-bond acceptors (Lipinski definition) is 4. The summed E-state index contributed by atoms with van der Waals surface area (Å²) in [7, 11) is 0. The summed E-state index contributed by atoms with van der Waals surface area (Å²) in [4.78, 5) is 23.9. The van der Waals surface area contributed by atoms with Crippen LogP contribution in [0.25, 0.3) is 0 Å². The van der Waals surface area contributed by atoms with Gasteiger partial charge in [-0.2, -0.15) is 5.10 Å². The van der Waals surface area contributed by atoms with E-state index in [4.69, 9.17) is 4.99 Å². The highest BCUT2D eigenvalue weighted by Crippen LogP contribution is 2.10. The standard InChI is InChI=1S/C20H35N7O/c1-3-21-20(22-7-10-27-16-18(2)15-23-27)26-13-11-24(12-14-26)17-19(28)25-8-5-4-6-9-25/h15-16H,3-14,17H2,1-2H3,(H,21,22). The zero-order valence-electron chi connectivity index (χ0n) is 17.4. The highest BCUT2D eigenvalue weighted by molar-refractivity contribution is 5.80. The van der Waals surface area contributed by atoms with Gasteiger partial charge in [0.2, 0.25) is 5.91 Å². The van der Waals surface area contributed by atoms with Crippen LogP contribution in [-0.2, 0) is 11.3 Å². The molecule has 0 aliphatic carbocycles. The fraction of sp³-hybridized carbons (Fsp3) is 0.750. The van der Waals surface area contributed by atoms with Gasteiger partial charge in [-0.25, -0.2) is 0 Å². The maximum Gasteiger partial charge on any atom is 0.236 e. The second kappa shape index (κ2) is 10.5. The summed E-state index contributed by atoms with van der Waals surface area (Å²) in [6.45, 7) is 12.5. The number of rotatable bonds is 6. The van der Waals surface area contributed by atoms with Crippen LogP contribution in [0.3, 0.4) is 0 Å². The number of nitrogens with zero attached hydrogens (tertiary/aromatic N) is 6. The Balaban J connectivity index is 1.45. The van der Waals surface area contributed by atoms with Crippen LogP contribution in [0.2, 0.25) is 0 Å². The molecule has 2 aliphatic heterocycles. The molecule has 3 heterocycles. The van der Waals surface area contributed by atoms with Crippen molar-refractivity contribution in [2.24, 2.45) is 4.99 Å². The predicted molar refractivity (Wildman–Crippen MR) is 111 cm³/mol. The number of guanidine groups is 1. The second-order valence-electron chi connectivity index (χ2n) is 7.72. The molecule has 0 unspecified atom stereocenters. The van der Waals surface area contributed by atoms with Gasteiger partial charge in [0.25, 0.3) is 0 Å². The number of piperidine rings is 1. The Kier molecular flexibility index (Phi) is 7.71. The van der Waals surface area contributed by atoms with Crippen LogP contribution in [0.5, 0.6) is 0 Å². The number of nitrogens with one attached hydrogen (secondary N) is 1. The molecular weight excluding hydrogens is 354 g/mol. The van der Waals surface area contributed by atoms with Gasteiger partial charge in [-0.1, -0.05) is 0 Å². The number of aliphatic imine (C=N–C) groups is 1. The molecule has 8 heteroatoms. The largest absolute Gasteiger partial charge is 0.357 e. The van der Waals surface area contributed by atoms with Crippen molar-refractivity contribution in [1.82, 2.24) is 29.8 Å². The number of carbonyl (C=O) groups excluding carboxylic acids is 1. The van der Waals surface area contributed by atoms with Gasteiger partial charge in [0.15, 0.2) is 5.96 Å². The van der Waals surface area contributed by atoms with Crippen molar-refractivity contribution in [3.8, 4) is 0 Å². The van der Waals surface area contributed by atoms with E-state index in [0.717, 1.165) is 71.2 Å². The number of carbonyl (C=O) groups is 1. The van der Waals surface area contributed by atoms with E-state index >= 15 is 0 Å². The molecule has 28 heavy (non-hydrogen) atoms. The molecule has 0 aromatic carbocycles. The summed E-state index contributed by atoms with van der Waals surface area (Å²) in [5.74, 6) is 1.26. The molecular formula is C20H35N7O. The zero-order chi connectivity index (χ0) is 19.8. The van der Waals surface area contributed by atoms with Crippen molar-refractivity contribution < 1.29 is 4.79 Å². The van der Waals surface area contributed by atoms with E-state index in [0.29, 0.717) is 19.0 Å². The van der Waals surface area contributed by atoms with E-state index in [-0.39, 0.29) is 0 Å². The van der Waals surface area contributed by atoms with Gasteiger partial charge in [-0.15, -0.1) is 0 Å². The van der Waals surface area contributed by atoms with Crippen LogP contribution >= 0.6 is 0 Å². The van der Waals surface area contributed by atoms with Gasteiger partial charge < -0.3 is 15.1 Å². The summed E-state index contributed by atoms with van der Waals surface area (Å²) >= 11 is 0. The molecule has 0 saturated carbocycles. The van der Waals surface area contributed by atoms with Crippen LogP contribution < -0.4 is 5.32 Å². The molecule has 1 N–H and O–H groups in total. The maximum absolute atomic E-state index is 12.5. The molecule has 156 valence electrons. The van der Waals surface area contributed by atoms with Gasteiger partial charge in [0.05, 0.1) is 25.8 Å². The van der Waals surface area contributed by atoms with Crippen LogP contribution in [0.15, 0.2) is 17.4 Å². The third-order valence-corrected chi connectivity index (χ3v) is 5.43. The smallest absolute Gasteiger partial charge is 0.236 e. The van der Waals surface area contributed by atoms with Crippen molar-refractivity contribution in [1.29, 1.82) is 0 Å². The van der Waals surface area contributed by atoms with Crippen molar-refractivity contribution in [2.75, 3.05) is 58.9 Å². The molecule has 0 radical (unpaired) electrons. The predicted octanol–water partition coefficient (Wildman–Crippen LogP) is 0.787. The van der Waals surface area contributed by atoms with Crippen molar-refractivity contribution in [3.63, 3.8) is 0 Å². The Morgan fingerprint density at radius 3 is 2.50 bits per heavy atom. The molecule has 0 bridgehead atoms. The minimum absolute atomic E-state index is 0.295. The monoisotopic (exact) mass is 389 g/mol. The van der Waals surface area contributed by atoms with E-state index in [1.165, 1.54) is 12.0 Å². The average Bonchev–Trinajstić information content (AvgIpc) is 3.14. The average molecular weight is 390 g/mol. The van der Waals surface area contributed by atoms with Gasteiger partial charge >= 0.3 is 0 Å². The van der Waals surface area contributed by atoms with E-state index in [1.807, 2.05) is 28.9 Å². The molecule has 1 aromatic heterocycles. The molecule has 2 saturated heterocycles. The quantitative estimate of drug-likeness (QED) is 0.575. The molecule has 2 fully saturated rings. The fourth-order valence-electron chi connectivity index (χ4n) is 3.83. The zero-order valence-corrected chi connectivity index (χ0v) is 17.4. The topological polar surface area (TPSA) is 69.0 Å². The van der Waals surface area contributed by atoms with E-state index in [9.17, 15) is 4.79 Å². The van der Waals surface area contributed by atoms with Crippen LogP contribution in [0.4, 0.5) is 0 Å². The lowest BCUT2D eigenvalue weighted by atomic mass is 10.1. The summed E-state index contributed by atoms with van der Waals surface area (Å²) in [6.07, 6.45) is 7.48. The number of aromatic nitrogens is 2. The second-order valence-corrected chi connectivity index (χ2v) is 7.72. The number of piperazine rings is 1. The maximum atomic E-state index is 12.5. The molecule has 3 rings (SSSR count). The Bertz CT molecular complexity index is 643. The molecule has 2 aliphatic rings. The molecule has 0 spiro atoms. The third-order valence-electron chi connectivity index (χ3n) is 5.43. The van der Waals surface area contributed by atoms with Crippen LogP contribution in [0.1, 0.15) is 31.7 Å². The fourth-order valence-corrected chi connectivity index (χ4v) is 3.83. The SMILES string of the molecule is CCNC(=NCCn1cc(C)cn1)N1CCN(CC(=O)N2CCCCC2)CC1. The van der Waals surface area contributed by atoms with Crippen molar-refractivity contribution in [3.05, 3.63) is 18.0 Å². The highest BCUT2D eigenvalue weighted by atomic mass is 16.2. The van der Waals surface area contributed by atoms with E-state index in [1.54, 1.807) is 0 Å². The lowest BCUT2D eigenvalue weighted by Crippen LogP contribution is -2.54. The lowest BCUT2D eigenvalue weighted by molar-refractivity contribution is -0.133. The highest BCUT2D eigenvalue weighted by Gasteiger charge is 2.24.